The molecule has 0 unspecified atom stereocenters. The average molecular weight is 227 g/mol. The molecule has 0 bridgehead atoms. The molecule has 5 heteroatoms. The van der Waals surface area contributed by atoms with Gasteiger partial charge >= 0.3 is 0 Å². The van der Waals surface area contributed by atoms with E-state index in [1.54, 1.807) is 11.8 Å². The molecule has 4 nitrogen and oxygen atoms in total. The molecule has 0 aromatic rings. The third kappa shape index (κ3) is 2.96. The van der Waals surface area contributed by atoms with Crippen molar-refractivity contribution in [2.75, 3.05) is 38.5 Å². The second-order valence-electron chi connectivity index (χ2n) is 3.91. The molecule has 1 amide bonds. The van der Waals surface area contributed by atoms with E-state index < -0.39 is 0 Å². The Morgan fingerprint density at radius 2 is 2.13 bits per heavy atom. The molecule has 0 aromatic carbocycles. The molecule has 15 heavy (non-hydrogen) atoms. The van der Waals surface area contributed by atoms with Crippen molar-refractivity contribution in [1.29, 1.82) is 0 Å². The number of piperazine rings is 1. The zero-order valence-electron chi connectivity index (χ0n) is 9.01. The Kier molecular flexibility index (Phi) is 3.66. The number of allylic oxidation sites excluding steroid dienone is 1. The van der Waals surface area contributed by atoms with Crippen LogP contribution in [0, 0.1) is 0 Å². The van der Waals surface area contributed by atoms with Gasteiger partial charge in [-0.1, -0.05) is 0 Å². The molecule has 0 saturated carbocycles. The third-order valence-corrected chi connectivity index (χ3v) is 3.89. The predicted molar refractivity (Wildman–Crippen MR) is 62.6 cm³/mol. The molecular weight excluding hydrogens is 210 g/mol. The van der Waals surface area contributed by atoms with Gasteiger partial charge in [0.25, 0.3) is 0 Å². The number of nitrogens with zero attached hydrogens (tertiary/aromatic N) is 1. The number of carbonyl (C=O) groups is 1. The average Bonchev–Trinajstić information content (AvgIpc) is 2.24. The lowest BCUT2D eigenvalue weighted by Gasteiger charge is -2.29. The summed E-state index contributed by atoms with van der Waals surface area (Å²) in [5.74, 6) is 0.695. The highest BCUT2D eigenvalue weighted by atomic mass is 32.2. The molecule has 0 aromatic heterocycles. The highest BCUT2D eigenvalue weighted by Gasteiger charge is 2.18. The second-order valence-corrected chi connectivity index (χ2v) is 4.98. The first-order chi connectivity index (χ1) is 7.25. The number of hydrogen-bond donors (Lipinski definition) is 2. The van der Waals surface area contributed by atoms with Crippen molar-refractivity contribution in [2.24, 2.45) is 0 Å². The van der Waals surface area contributed by atoms with Crippen LogP contribution >= 0.6 is 11.8 Å². The van der Waals surface area contributed by atoms with Crippen LogP contribution in [0.1, 0.15) is 6.92 Å². The quantitative estimate of drug-likeness (QED) is 0.696. The van der Waals surface area contributed by atoms with Crippen LogP contribution in [0.3, 0.4) is 0 Å². The molecule has 0 aliphatic carbocycles. The molecule has 0 atom stereocenters. The van der Waals surface area contributed by atoms with Crippen LogP contribution in [0.2, 0.25) is 0 Å². The summed E-state index contributed by atoms with van der Waals surface area (Å²) in [6, 6.07) is 0. The normalized spacial score (nSPS) is 24.2. The summed E-state index contributed by atoms with van der Waals surface area (Å²) in [7, 11) is 0. The Labute approximate surface area is 94.5 Å². The van der Waals surface area contributed by atoms with Crippen LogP contribution in [0.4, 0.5) is 0 Å². The number of thioether (sulfide) groups is 1. The topological polar surface area (TPSA) is 44.4 Å². The van der Waals surface area contributed by atoms with E-state index in [-0.39, 0.29) is 5.91 Å². The summed E-state index contributed by atoms with van der Waals surface area (Å²) in [6.07, 6.45) is 0. The van der Waals surface area contributed by atoms with E-state index in [1.807, 2.05) is 6.92 Å². The third-order valence-electron chi connectivity index (χ3n) is 2.70. The first-order valence-corrected chi connectivity index (χ1v) is 6.30. The molecule has 2 N–H and O–H groups in total. The van der Waals surface area contributed by atoms with Gasteiger partial charge in [-0.25, -0.2) is 0 Å². The van der Waals surface area contributed by atoms with Gasteiger partial charge in [0.15, 0.2) is 0 Å². The van der Waals surface area contributed by atoms with Gasteiger partial charge in [-0.15, -0.1) is 11.8 Å². The van der Waals surface area contributed by atoms with Crippen molar-refractivity contribution in [3.05, 3.63) is 10.6 Å². The Bertz CT molecular complexity index is 284. The summed E-state index contributed by atoms with van der Waals surface area (Å²) in [6.45, 7) is 7.32. The molecule has 2 heterocycles. The van der Waals surface area contributed by atoms with Crippen molar-refractivity contribution in [1.82, 2.24) is 15.5 Å². The number of nitrogens with one attached hydrogen (secondary N) is 2. The first-order valence-electron chi connectivity index (χ1n) is 5.31. The Balaban J connectivity index is 1.92. The lowest BCUT2D eigenvalue weighted by atomic mass is 10.3. The SMILES string of the molecule is CC1=C(CN2CCNCC2)SCC(=O)N1. The van der Waals surface area contributed by atoms with Crippen molar-refractivity contribution in [3.8, 4) is 0 Å². The molecule has 2 aliphatic heterocycles. The number of rotatable bonds is 2. The van der Waals surface area contributed by atoms with E-state index in [0.717, 1.165) is 38.4 Å². The zero-order chi connectivity index (χ0) is 10.7. The Morgan fingerprint density at radius 1 is 1.40 bits per heavy atom. The van der Waals surface area contributed by atoms with Crippen LogP contribution in [-0.4, -0.2) is 49.3 Å². The Morgan fingerprint density at radius 3 is 2.80 bits per heavy atom. The molecule has 2 rings (SSSR count). The van der Waals surface area contributed by atoms with Crippen LogP contribution in [0.25, 0.3) is 0 Å². The van der Waals surface area contributed by atoms with Crippen LogP contribution in [0.5, 0.6) is 0 Å². The molecule has 1 fully saturated rings. The minimum absolute atomic E-state index is 0.126. The van der Waals surface area contributed by atoms with Crippen molar-refractivity contribution in [3.63, 3.8) is 0 Å². The highest BCUT2D eigenvalue weighted by Crippen LogP contribution is 2.23. The van der Waals surface area contributed by atoms with Gasteiger partial charge in [-0.3, -0.25) is 9.69 Å². The molecule has 2 aliphatic rings. The van der Waals surface area contributed by atoms with Crippen molar-refractivity contribution in [2.45, 2.75) is 6.92 Å². The summed E-state index contributed by atoms with van der Waals surface area (Å²) in [4.78, 5) is 14.9. The predicted octanol–water partition coefficient (Wildman–Crippen LogP) is -0.0139. The van der Waals surface area contributed by atoms with Gasteiger partial charge < -0.3 is 10.6 Å². The lowest BCUT2D eigenvalue weighted by Crippen LogP contribution is -2.44. The van der Waals surface area contributed by atoms with Gasteiger partial charge in [0.2, 0.25) is 5.91 Å². The first kappa shape index (κ1) is 11.0. The van der Waals surface area contributed by atoms with E-state index >= 15 is 0 Å². The van der Waals surface area contributed by atoms with Crippen LogP contribution in [0.15, 0.2) is 10.6 Å². The van der Waals surface area contributed by atoms with E-state index in [1.165, 1.54) is 4.91 Å². The largest absolute Gasteiger partial charge is 0.328 e. The molecule has 1 saturated heterocycles. The minimum atomic E-state index is 0.126. The van der Waals surface area contributed by atoms with Gasteiger partial charge in [0.1, 0.15) is 0 Å². The fourth-order valence-electron chi connectivity index (χ4n) is 1.81. The molecular formula is C10H17N3OS. The fourth-order valence-corrected chi connectivity index (χ4v) is 2.73. The maximum atomic E-state index is 11.1. The summed E-state index contributed by atoms with van der Waals surface area (Å²) in [5.41, 5.74) is 1.04. The van der Waals surface area contributed by atoms with Gasteiger partial charge in [-0.2, -0.15) is 0 Å². The van der Waals surface area contributed by atoms with Gasteiger partial charge in [0, 0.05) is 43.3 Å². The second kappa shape index (κ2) is 5.01. The van der Waals surface area contributed by atoms with Gasteiger partial charge in [-0.05, 0) is 6.92 Å². The highest BCUT2D eigenvalue weighted by molar-refractivity contribution is 8.03. The molecule has 84 valence electrons. The van der Waals surface area contributed by atoms with E-state index in [2.05, 4.69) is 15.5 Å². The van der Waals surface area contributed by atoms with Gasteiger partial charge in [0.05, 0.1) is 5.75 Å². The number of amides is 1. The smallest absolute Gasteiger partial charge is 0.234 e. The summed E-state index contributed by atoms with van der Waals surface area (Å²) < 4.78 is 0. The standard InChI is InChI=1S/C10H17N3OS/c1-8-9(15-7-10(14)12-8)6-13-4-2-11-3-5-13/h11H,2-7H2,1H3,(H,12,14). The van der Waals surface area contributed by atoms with Crippen LogP contribution < -0.4 is 10.6 Å². The fraction of sp³-hybridized carbons (Fsp3) is 0.700. The van der Waals surface area contributed by atoms with Crippen molar-refractivity contribution >= 4 is 17.7 Å². The Hall–Kier alpha value is -0.520. The van der Waals surface area contributed by atoms with E-state index in [9.17, 15) is 4.79 Å². The maximum Gasteiger partial charge on any atom is 0.234 e. The zero-order valence-corrected chi connectivity index (χ0v) is 9.82. The maximum absolute atomic E-state index is 11.1. The molecule has 0 radical (unpaired) electrons. The summed E-state index contributed by atoms with van der Waals surface area (Å²) in [5, 5.41) is 6.23. The number of carbonyl (C=O) groups excluding carboxylic acids is 1. The van der Waals surface area contributed by atoms with E-state index in [0.29, 0.717) is 5.75 Å². The summed E-state index contributed by atoms with van der Waals surface area (Å²) >= 11 is 1.68. The van der Waals surface area contributed by atoms with E-state index in [4.69, 9.17) is 0 Å². The lowest BCUT2D eigenvalue weighted by molar-refractivity contribution is -0.117. The monoisotopic (exact) mass is 227 g/mol. The van der Waals surface area contributed by atoms with Crippen molar-refractivity contribution < 1.29 is 4.79 Å². The minimum Gasteiger partial charge on any atom is -0.328 e. The number of hydrogen-bond acceptors (Lipinski definition) is 4. The molecule has 0 spiro atoms. The van der Waals surface area contributed by atoms with Crippen LogP contribution in [-0.2, 0) is 4.79 Å².